The van der Waals surface area contributed by atoms with Gasteiger partial charge in [-0.1, -0.05) is 27.7 Å². The lowest BCUT2D eigenvalue weighted by atomic mass is 10.00. The number of likely N-dealkylation sites (tertiary alicyclic amines) is 2. The highest BCUT2D eigenvalue weighted by Crippen LogP contribution is 2.22. The number of carbonyl (C=O) groups is 7. The summed E-state index contributed by atoms with van der Waals surface area (Å²) >= 11 is 0. The Balaban J connectivity index is 2.15. The van der Waals surface area contributed by atoms with Crippen LogP contribution in [-0.4, -0.2) is 136 Å². The maximum Gasteiger partial charge on any atom is 0.326 e. The molecule has 2 fully saturated rings. The molecular formula is C32H56N10O9. The van der Waals surface area contributed by atoms with Crippen LogP contribution in [0.2, 0.25) is 0 Å². The highest BCUT2D eigenvalue weighted by molar-refractivity contribution is 5.97. The van der Waals surface area contributed by atoms with Gasteiger partial charge in [0.1, 0.15) is 36.3 Å². The Kier molecular flexibility index (Phi) is 17.0. The SMILES string of the molecule is CC(C)C[C@H](NC(=O)[C@@H]1CCCN1C(=O)[C@@H](NC(=O)[C@H](CCCN=C(N)N)NC(=O)[C@@H](N)CO)C(C)C)C(=O)NCC(=O)N1CCC[C@H]1C(=O)O. The average Bonchev–Trinajstić information content (AvgIpc) is 3.76. The van der Waals surface area contributed by atoms with E-state index in [0.717, 1.165) is 0 Å². The first kappa shape index (κ1) is 42.6. The van der Waals surface area contributed by atoms with Crippen molar-refractivity contribution >= 4 is 47.4 Å². The normalized spacial score (nSPS) is 19.5. The molecule has 0 aromatic heterocycles. The monoisotopic (exact) mass is 724 g/mol. The number of hydrogen-bond acceptors (Lipinski definition) is 10. The van der Waals surface area contributed by atoms with Crippen LogP contribution in [0.15, 0.2) is 4.99 Å². The van der Waals surface area contributed by atoms with Crippen LogP contribution in [0.4, 0.5) is 0 Å². The van der Waals surface area contributed by atoms with Crippen LogP contribution < -0.4 is 38.5 Å². The molecule has 51 heavy (non-hydrogen) atoms. The Hall–Kier alpha value is -4.52. The van der Waals surface area contributed by atoms with Crippen LogP contribution in [0, 0.1) is 11.8 Å². The van der Waals surface area contributed by atoms with Crippen molar-refractivity contribution in [1.82, 2.24) is 31.1 Å². The number of aliphatic imine (C=N–C) groups is 1. The van der Waals surface area contributed by atoms with Crippen LogP contribution in [0.5, 0.6) is 0 Å². The molecule has 2 aliphatic rings. The lowest BCUT2D eigenvalue weighted by Crippen LogP contribution is -2.60. The number of amides is 6. The Morgan fingerprint density at radius 2 is 1.47 bits per heavy atom. The van der Waals surface area contributed by atoms with Gasteiger partial charge in [-0.25, -0.2) is 4.79 Å². The maximum absolute atomic E-state index is 13.9. The van der Waals surface area contributed by atoms with E-state index in [1.807, 2.05) is 13.8 Å². The summed E-state index contributed by atoms with van der Waals surface area (Å²) in [6.45, 7) is 6.72. The van der Waals surface area contributed by atoms with Crippen molar-refractivity contribution in [3.05, 3.63) is 0 Å². The molecule has 0 aromatic carbocycles. The van der Waals surface area contributed by atoms with Gasteiger partial charge in [0.25, 0.3) is 0 Å². The fourth-order valence-corrected chi connectivity index (χ4v) is 6.06. The second kappa shape index (κ2) is 20.4. The van der Waals surface area contributed by atoms with Gasteiger partial charge in [-0.2, -0.15) is 0 Å². The molecule has 288 valence electrons. The lowest BCUT2D eigenvalue weighted by Gasteiger charge is -2.32. The fourth-order valence-electron chi connectivity index (χ4n) is 6.06. The summed E-state index contributed by atoms with van der Waals surface area (Å²) in [6, 6.07) is -6.43. The van der Waals surface area contributed by atoms with Crippen molar-refractivity contribution in [2.24, 2.45) is 34.0 Å². The summed E-state index contributed by atoms with van der Waals surface area (Å²) in [6.07, 6.45) is 2.27. The number of carbonyl (C=O) groups excluding carboxylic acids is 6. The number of carboxylic acid groups (broad SMARTS) is 1. The summed E-state index contributed by atoms with van der Waals surface area (Å²) in [5.74, 6) is -5.43. The smallest absolute Gasteiger partial charge is 0.326 e. The highest BCUT2D eigenvalue weighted by atomic mass is 16.4. The van der Waals surface area contributed by atoms with Crippen molar-refractivity contribution in [3.63, 3.8) is 0 Å². The van der Waals surface area contributed by atoms with E-state index in [2.05, 4.69) is 26.3 Å². The number of nitrogens with one attached hydrogen (secondary N) is 4. The number of nitrogens with two attached hydrogens (primary N) is 3. The van der Waals surface area contributed by atoms with E-state index in [4.69, 9.17) is 17.2 Å². The van der Waals surface area contributed by atoms with E-state index in [0.29, 0.717) is 32.1 Å². The minimum atomic E-state index is -1.28. The van der Waals surface area contributed by atoms with Crippen LogP contribution >= 0.6 is 0 Å². The Morgan fingerprint density at radius 3 is 2.04 bits per heavy atom. The Morgan fingerprint density at radius 1 is 0.843 bits per heavy atom. The fraction of sp³-hybridized carbons (Fsp3) is 0.750. The molecule has 0 unspecified atom stereocenters. The van der Waals surface area contributed by atoms with Gasteiger partial charge in [0.15, 0.2) is 5.96 Å². The molecule has 0 bridgehead atoms. The summed E-state index contributed by atoms with van der Waals surface area (Å²) < 4.78 is 0. The standard InChI is InChI=1S/C32H56N10O9/c1-17(2)14-21(27(46)37-15-24(44)41-12-7-10-23(41)31(50)51)39-29(48)22-9-6-13-42(22)30(49)25(18(3)4)40-28(47)20(8-5-11-36-32(34)35)38-26(45)19(33)16-43/h17-23,25,43H,5-16,33H2,1-4H3,(H,37,46)(H,38,45)(H,39,48)(H,40,47)(H,50,51)(H4,34,35,36)/t19-,20-,21-,22-,23-,25-/m0/s1. The second-order valence-corrected chi connectivity index (χ2v) is 13.7. The minimum Gasteiger partial charge on any atom is -0.480 e. The molecule has 2 heterocycles. The van der Waals surface area contributed by atoms with Crippen molar-refractivity contribution in [2.75, 3.05) is 32.8 Å². The van der Waals surface area contributed by atoms with Crippen LogP contribution in [-0.2, 0) is 33.6 Å². The molecule has 0 aliphatic carbocycles. The lowest BCUT2D eigenvalue weighted by molar-refractivity contribution is -0.148. The Bertz CT molecular complexity index is 1290. The quantitative estimate of drug-likeness (QED) is 0.0360. The average molecular weight is 725 g/mol. The number of aliphatic carboxylic acids is 1. The van der Waals surface area contributed by atoms with Crippen molar-refractivity contribution in [1.29, 1.82) is 0 Å². The molecule has 0 radical (unpaired) electrons. The zero-order valence-electron chi connectivity index (χ0n) is 29.9. The van der Waals surface area contributed by atoms with E-state index in [1.54, 1.807) is 13.8 Å². The molecule has 2 saturated heterocycles. The molecule has 0 spiro atoms. The van der Waals surface area contributed by atoms with Gasteiger partial charge in [-0.3, -0.25) is 33.8 Å². The number of aliphatic hydroxyl groups is 1. The minimum absolute atomic E-state index is 0.0339. The van der Waals surface area contributed by atoms with E-state index in [1.165, 1.54) is 9.80 Å². The molecule has 12 N–H and O–H groups in total. The van der Waals surface area contributed by atoms with Gasteiger partial charge in [0.2, 0.25) is 35.4 Å². The molecule has 0 saturated carbocycles. The van der Waals surface area contributed by atoms with Crippen molar-refractivity contribution in [3.8, 4) is 0 Å². The first-order valence-corrected chi connectivity index (χ1v) is 17.4. The third kappa shape index (κ3) is 13.0. The summed E-state index contributed by atoms with van der Waals surface area (Å²) in [4.78, 5) is 97.4. The molecule has 0 aromatic rings. The zero-order chi connectivity index (χ0) is 38.4. The predicted octanol–water partition coefficient (Wildman–Crippen LogP) is -3.30. The predicted molar refractivity (Wildman–Crippen MR) is 185 cm³/mol. The topological polar surface area (TPSA) is 305 Å². The van der Waals surface area contributed by atoms with Crippen LogP contribution in [0.1, 0.15) is 72.6 Å². The van der Waals surface area contributed by atoms with E-state index >= 15 is 0 Å². The van der Waals surface area contributed by atoms with Gasteiger partial charge in [-0.15, -0.1) is 0 Å². The van der Waals surface area contributed by atoms with E-state index < -0.39 is 96.7 Å². The Labute approximate surface area is 297 Å². The zero-order valence-corrected chi connectivity index (χ0v) is 29.9. The van der Waals surface area contributed by atoms with Crippen molar-refractivity contribution < 1.29 is 43.8 Å². The summed E-state index contributed by atoms with van der Waals surface area (Å²) in [5.41, 5.74) is 16.4. The second-order valence-electron chi connectivity index (χ2n) is 13.7. The van der Waals surface area contributed by atoms with Crippen LogP contribution in [0.3, 0.4) is 0 Å². The van der Waals surface area contributed by atoms with Crippen molar-refractivity contribution in [2.45, 2.75) is 109 Å². The maximum atomic E-state index is 13.9. The van der Waals surface area contributed by atoms with Crippen LogP contribution in [0.25, 0.3) is 0 Å². The van der Waals surface area contributed by atoms with Gasteiger partial charge in [0, 0.05) is 19.6 Å². The number of nitrogens with zero attached hydrogens (tertiary/aromatic N) is 3. The molecule has 2 rings (SSSR count). The van der Waals surface area contributed by atoms with Gasteiger partial charge >= 0.3 is 5.97 Å². The molecule has 6 atom stereocenters. The number of carboxylic acids is 1. The van der Waals surface area contributed by atoms with Gasteiger partial charge in [0.05, 0.1) is 13.2 Å². The number of aliphatic hydroxyl groups excluding tert-OH is 1. The number of hydrogen-bond donors (Lipinski definition) is 9. The number of guanidine groups is 1. The van der Waals surface area contributed by atoms with E-state index in [9.17, 15) is 43.8 Å². The number of rotatable bonds is 19. The molecule has 19 nitrogen and oxygen atoms in total. The van der Waals surface area contributed by atoms with Gasteiger partial charge < -0.3 is 58.5 Å². The third-order valence-electron chi connectivity index (χ3n) is 8.79. The molecule has 2 aliphatic heterocycles. The highest BCUT2D eigenvalue weighted by Gasteiger charge is 2.41. The molecular weight excluding hydrogens is 668 g/mol. The third-order valence-corrected chi connectivity index (χ3v) is 8.79. The largest absolute Gasteiger partial charge is 0.480 e. The van der Waals surface area contributed by atoms with E-state index in [-0.39, 0.29) is 44.4 Å². The summed E-state index contributed by atoms with van der Waals surface area (Å²) in [5, 5.41) is 29.2. The van der Waals surface area contributed by atoms with Gasteiger partial charge in [-0.05, 0) is 56.8 Å². The first-order chi connectivity index (χ1) is 24.0. The molecule has 19 heteroatoms. The summed E-state index contributed by atoms with van der Waals surface area (Å²) in [7, 11) is 0. The first-order valence-electron chi connectivity index (χ1n) is 17.4. The molecule has 6 amide bonds.